The minimum absolute atomic E-state index is 0.309. The lowest BCUT2D eigenvalue weighted by atomic mass is 9.98. The van der Waals surface area contributed by atoms with E-state index in [1.807, 2.05) is 12.1 Å². The molecule has 1 fully saturated rings. The Labute approximate surface area is 101 Å². The van der Waals surface area contributed by atoms with E-state index in [9.17, 15) is 9.90 Å². The predicted molar refractivity (Wildman–Crippen MR) is 66.3 cm³/mol. The molecule has 90 valence electrons. The number of benzene rings is 1. The number of carbonyl (C=O) groups is 1. The van der Waals surface area contributed by atoms with E-state index in [1.165, 1.54) is 5.56 Å². The number of carboxylic acids is 1. The highest BCUT2D eigenvalue weighted by atomic mass is 16.4. The molecule has 3 nitrogen and oxygen atoms in total. The second kappa shape index (κ2) is 4.06. The van der Waals surface area contributed by atoms with Crippen molar-refractivity contribution in [1.29, 1.82) is 0 Å². The van der Waals surface area contributed by atoms with Crippen molar-refractivity contribution in [1.82, 2.24) is 0 Å². The second-order valence-electron chi connectivity index (χ2n) is 5.05. The molecule has 1 aliphatic carbocycles. The quantitative estimate of drug-likeness (QED) is 0.867. The average molecular weight is 231 g/mol. The average Bonchev–Trinajstić information content (AvgIpc) is 3.14. The molecule has 1 aromatic carbocycles. The Morgan fingerprint density at radius 1 is 1.35 bits per heavy atom. The Kier molecular flexibility index (Phi) is 2.54. The van der Waals surface area contributed by atoms with Crippen LogP contribution in [0.3, 0.4) is 0 Å². The molecule has 0 amide bonds. The van der Waals surface area contributed by atoms with Crippen molar-refractivity contribution >= 4 is 11.7 Å². The van der Waals surface area contributed by atoms with E-state index in [0.29, 0.717) is 5.92 Å². The SMILES string of the molecule is O=C(O)C(C1CC1)N1CCCc2ccccc21. The van der Waals surface area contributed by atoms with Crippen LogP contribution in [0.15, 0.2) is 24.3 Å². The highest BCUT2D eigenvalue weighted by Gasteiger charge is 2.41. The highest BCUT2D eigenvalue weighted by Crippen LogP contribution is 2.39. The molecular formula is C14H17NO2. The van der Waals surface area contributed by atoms with Gasteiger partial charge < -0.3 is 10.0 Å². The van der Waals surface area contributed by atoms with Gasteiger partial charge in [0.25, 0.3) is 0 Å². The highest BCUT2D eigenvalue weighted by molar-refractivity contribution is 5.80. The summed E-state index contributed by atoms with van der Waals surface area (Å²) < 4.78 is 0. The molecule has 0 spiro atoms. The van der Waals surface area contributed by atoms with Crippen LogP contribution >= 0.6 is 0 Å². The van der Waals surface area contributed by atoms with Crippen molar-refractivity contribution in [3.63, 3.8) is 0 Å². The zero-order valence-electron chi connectivity index (χ0n) is 9.80. The van der Waals surface area contributed by atoms with Gasteiger partial charge in [0.2, 0.25) is 0 Å². The van der Waals surface area contributed by atoms with Crippen LogP contribution < -0.4 is 4.90 Å². The fourth-order valence-electron chi connectivity index (χ4n) is 2.85. The minimum Gasteiger partial charge on any atom is -0.480 e. The number of hydrogen-bond donors (Lipinski definition) is 1. The summed E-state index contributed by atoms with van der Waals surface area (Å²) >= 11 is 0. The maximum absolute atomic E-state index is 11.4. The van der Waals surface area contributed by atoms with Crippen LogP contribution in [0.5, 0.6) is 0 Å². The number of rotatable bonds is 3. The van der Waals surface area contributed by atoms with Crippen LogP contribution in [0, 0.1) is 5.92 Å². The molecule has 2 aliphatic rings. The van der Waals surface area contributed by atoms with Crippen molar-refractivity contribution < 1.29 is 9.90 Å². The molecule has 0 aromatic heterocycles. The van der Waals surface area contributed by atoms with Gasteiger partial charge in [-0.2, -0.15) is 0 Å². The van der Waals surface area contributed by atoms with Crippen LogP contribution in [0.2, 0.25) is 0 Å². The molecule has 0 radical (unpaired) electrons. The van der Waals surface area contributed by atoms with Gasteiger partial charge in [0.05, 0.1) is 0 Å². The van der Waals surface area contributed by atoms with Gasteiger partial charge in [0.15, 0.2) is 0 Å². The molecule has 1 saturated carbocycles. The van der Waals surface area contributed by atoms with Crippen molar-refractivity contribution in [3.05, 3.63) is 29.8 Å². The van der Waals surface area contributed by atoms with Crippen molar-refractivity contribution in [3.8, 4) is 0 Å². The largest absolute Gasteiger partial charge is 0.480 e. The lowest BCUT2D eigenvalue weighted by Crippen LogP contribution is -2.45. The molecule has 1 atom stereocenters. The first-order chi connectivity index (χ1) is 8.27. The Balaban J connectivity index is 1.95. The lowest BCUT2D eigenvalue weighted by Gasteiger charge is -2.36. The third-order valence-corrected chi connectivity index (χ3v) is 3.80. The van der Waals surface area contributed by atoms with Crippen molar-refractivity contribution in [2.75, 3.05) is 11.4 Å². The van der Waals surface area contributed by atoms with Crippen LogP contribution in [-0.2, 0) is 11.2 Å². The van der Waals surface area contributed by atoms with E-state index in [4.69, 9.17) is 0 Å². The van der Waals surface area contributed by atoms with E-state index in [0.717, 1.165) is 37.9 Å². The number of aryl methyl sites for hydroxylation is 1. The molecule has 0 bridgehead atoms. The fraction of sp³-hybridized carbons (Fsp3) is 0.500. The van der Waals surface area contributed by atoms with Crippen LogP contribution in [-0.4, -0.2) is 23.7 Å². The molecule has 1 aromatic rings. The molecule has 17 heavy (non-hydrogen) atoms. The van der Waals surface area contributed by atoms with Gasteiger partial charge in [-0.25, -0.2) is 4.79 Å². The topological polar surface area (TPSA) is 40.5 Å². The molecule has 1 N–H and O–H groups in total. The summed E-state index contributed by atoms with van der Waals surface area (Å²) in [5, 5.41) is 9.42. The summed E-state index contributed by atoms with van der Waals surface area (Å²) in [6, 6.07) is 7.91. The maximum atomic E-state index is 11.4. The van der Waals surface area contributed by atoms with Gasteiger partial charge >= 0.3 is 5.97 Å². The predicted octanol–water partition coefficient (Wildman–Crippen LogP) is 2.30. The number of anilines is 1. The standard InChI is InChI=1S/C14H17NO2/c16-14(17)13(11-7-8-11)15-9-3-5-10-4-1-2-6-12(10)15/h1-2,4,6,11,13H,3,5,7-9H2,(H,16,17). The van der Waals surface area contributed by atoms with E-state index in [1.54, 1.807) is 0 Å². The molecule has 1 unspecified atom stereocenters. The smallest absolute Gasteiger partial charge is 0.326 e. The van der Waals surface area contributed by atoms with E-state index >= 15 is 0 Å². The lowest BCUT2D eigenvalue weighted by molar-refractivity contribution is -0.139. The molecule has 3 rings (SSSR count). The second-order valence-corrected chi connectivity index (χ2v) is 5.05. The summed E-state index contributed by atoms with van der Waals surface area (Å²) in [4.78, 5) is 13.6. The molecular weight excluding hydrogens is 214 g/mol. The molecule has 1 heterocycles. The number of hydrogen-bond acceptors (Lipinski definition) is 2. The van der Waals surface area contributed by atoms with E-state index in [2.05, 4.69) is 17.0 Å². The van der Waals surface area contributed by atoms with E-state index in [-0.39, 0.29) is 6.04 Å². The first kappa shape index (κ1) is 10.6. The zero-order chi connectivity index (χ0) is 11.8. The summed E-state index contributed by atoms with van der Waals surface area (Å²) in [7, 11) is 0. The summed E-state index contributed by atoms with van der Waals surface area (Å²) in [5.74, 6) is -0.303. The number of aliphatic carboxylic acids is 1. The minimum atomic E-state index is -0.663. The van der Waals surface area contributed by atoms with Gasteiger partial charge in [-0.3, -0.25) is 0 Å². The number of fused-ring (bicyclic) bond motifs is 1. The number of nitrogens with zero attached hydrogens (tertiary/aromatic N) is 1. The van der Waals surface area contributed by atoms with Gasteiger partial charge in [0.1, 0.15) is 6.04 Å². The van der Waals surface area contributed by atoms with Crippen molar-refractivity contribution in [2.24, 2.45) is 5.92 Å². The number of carboxylic acid groups (broad SMARTS) is 1. The van der Waals surface area contributed by atoms with Gasteiger partial charge in [0, 0.05) is 12.2 Å². The number of para-hydroxylation sites is 1. The monoisotopic (exact) mass is 231 g/mol. The molecule has 0 saturated heterocycles. The van der Waals surface area contributed by atoms with Gasteiger partial charge in [-0.15, -0.1) is 0 Å². The fourth-order valence-corrected chi connectivity index (χ4v) is 2.85. The third kappa shape index (κ3) is 1.90. The van der Waals surface area contributed by atoms with Crippen LogP contribution in [0.4, 0.5) is 5.69 Å². The van der Waals surface area contributed by atoms with E-state index < -0.39 is 5.97 Å². The first-order valence-electron chi connectivity index (χ1n) is 6.35. The Hall–Kier alpha value is -1.51. The molecule has 1 aliphatic heterocycles. The summed E-state index contributed by atoms with van der Waals surface area (Å²) in [6.45, 7) is 0.879. The zero-order valence-corrected chi connectivity index (χ0v) is 9.80. The van der Waals surface area contributed by atoms with Crippen LogP contribution in [0.25, 0.3) is 0 Å². The van der Waals surface area contributed by atoms with Crippen molar-refractivity contribution in [2.45, 2.75) is 31.7 Å². The summed E-state index contributed by atoms with van der Waals surface area (Å²) in [5.41, 5.74) is 2.43. The summed E-state index contributed by atoms with van der Waals surface area (Å²) in [6.07, 6.45) is 4.27. The Morgan fingerprint density at radius 3 is 2.82 bits per heavy atom. The normalized spacial score (nSPS) is 20.8. The first-order valence-corrected chi connectivity index (χ1v) is 6.35. The van der Waals surface area contributed by atoms with Crippen LogP contribution in [0.1, 0.15) is 24.8 Å². The molecule has 3 heteroatoms. The Morgan fingerprint density at radius 2 is 2.12 bits per heavy atom. The maximum Gasteiger partial charge on any atom is 0.326 e. The van der Waals surface area contributed by atoms with Gasteiger partial charge in [-0.1, -0.05) is 18.2 Å². The van der Waals surface area contributed by atoms with Gasteiger partial charge in [-0.05, 0) is 43.2 Å². The third-order valence-electron chi connectivity index (χ3n) is 3.80. The Bertz CT molecular complexity index is 440.